The van der Waals surface area contributed by atoms with Crippen molar-refractivity contribution >= 4 is 23.3 Å². The second-order valence-electron chi connectivity index (χ2n) is 4.43. The van der Waals surface area contributed by atoms with Crippen molar-refractivity contribution in [1.29, 1.82) is 0 Å². The predicted molar refractivity (Wildman–Crippen MR) is 70.6 cm³/mol. The number of hydrogen-bond acceptors (Lipinski definition) is 3. The molecule has 1 fully saturated rings. The van der Waals surface area contributed by atoms with Crippen LogP contribution in [-0.2, 0) is 4.74 Å². The van der Waals surface area contributed by atoms with E-state index in [2.05, 4.69) is 9.99 Å². The fourth-order valence-corrected chi connectivity index (χ4v) is 2.58. The largest absolute Gasteiger partial charge is 0.378 e. The first-order valence-corrected chi connectivity index (χ1v) is 6.31. The van der Waals surface area contributed by atoms with Crippen molar-refractivity contribution in [2.24, 2.45) is 0 Å². The smallest absolute Gasteiger partial charge is 0.197 e. The van der Waals surface area contributed by atoms with Gasteiger partial charge in [-0.15, -0.1) is 0 Å². The van der Waals surface area contributed by atoms with Gasteiger partial charge in [-0.25, -0.2) is 9.07 Å². The van der Waals surface area contributed by atoms with Gasteiger partial charge >= 0.3 is 0 Å². The van der Waals surface area contributed by atoms with Crippen molar-refractivity contribution in [3.8, 4) is 0 Å². The number of rotatable bonds is 1. The molecule has 0 unspecified atom stereocenters. The highest BCUT2D eigenvalue weighted by Gasteiger charge is 2.16. The van der Waals surface area contributed by atoms with Crippen LogP contribution in [-0.4, -0.2) is 36.0 Å². The number of ether oxygens (including phenoxy) is 1. The fourth-order valence-electron chi connectivity index (χ4n) is 2.25. The third-order valence-corrected chi connectivity index (χ3v) is 3.48. The van der Waals surface area contributed by atoms with E-state index < -0.39 is 0 Å². The van der Waals surface area contributed by atoms with E-state index in [-0.39, 0.29) is 5.82 Å². The SMILES string of the molecule is Cc1cc2c(cc1F)[nH]c(=S)n2N1CCOCC1. The topological polar surface area (TPSA) is 33.2 Å². The average molecular weight is 267 g/mol. The summed E-state index contributed by atoms with van der Waals surface area (Å²) < 4.78 is 21.4. The Morgan fingerprint density at radius 1 is 1.33 bits per heavy atom. The summed E-state index contributed by atoms with van der Waals surface area (Å²) in [4.78, 5) is 3.05. The van der Waals surface area contributed by atoms with Crippen LogP contribution < -0.4 is 5.01 Å². The lowest BCUT2D eigenvalue weighted by Crippen LogP contribution is -2.43. The Kier molecular flexibility index (Phi) is 2.83. The molecule has 2 heterocycles. The molecule has 1 aromatic heterocycles. The summed E-state index contributed by atoms with van der Waals surface area (Å²) in [5, 5.41) is 2.13. The second-order valence-corrected chi connectivity index (χ2v) is 4.81. The minimum atomic E-state index is -0.215. The molecule has 96 valence electrons. The number of halogens is 1. The monoisotopic (exact) mass is 267 g/mol. The lowest BCUT2D eigenvalue weighted by molar-refractivity contribution is 0.111. The molecular weight excluding hydrogens is 253 g/mol. The molecule has 0 amide bonds. The van der Waals surface area contributed by atoms with Crippen molar-refractivity contribution in [1.82, 2.24) is 9.66 Å². The Labute approximate surface area is 109 Å². The van der Waals surface area contributed by atoms with Gasteiger partial charge in [0.25, 0.3) is 0 Å². The number of aromatic amines is 1. The van der Waals surface area contributed by atoms with Crippen molar-refractivity contribution in [2.45, 2.75) is 6.92 Å². The van der Waals surface area contributed by atoms with E-state index in [1.54, 1.807) is 6.92 Å². The first-order chi connectivity index (χ1) is 8.66. The lowest BCUT2D eigenvalue weighted by atomic mass is 10.2. The van der Waals surface area contributed by atoms with Crippen LogP contribution in [0.15, 0.2) is 12.1 Å². The summed E-state index contributed by atoms with van der Waals surface area (Å²) >= 11 is 5.32. The van der Waals surface area contributed by atoms with Gasteiger partial charge in [-0.2, -0.15) is 0 Å². The van der Waals surface area contributed by atoms with Crippen LogP contribution in [0.3, 0.4) is 0 Å². The van der Waals surface area contributed by atoms with Gasteiger partial charge in [-0.3, -0.25) is 0 Å². The summed E-state index contributed by atoms with van der Waals surface area (Å²) in [5.74, 6) is -0.215. The van der Waals surface area contributed by atoms with Gasteiger partial charge in [0.1, 0.15) is 5.82 Å². The lowest BCUT2D eigenvalue weighted by Gasteiger charge is -2.29. The average Bonchev–Trinajstić information content (AvgIpc) is 2.66. The highest BCUT2D eigenvalue weighted by Crippen LogP contribution is 2.19. The molecule has 0 atom stereocenters. The summed E-state index contributed by atoms with van der Waals surface area (Å²) in [6.07, 6.45) is 0. The molecule has 1 N–H and O–H groups in total. The first-order valence-electron chi connectivity index (χ1n) is 5.90. The van der Waals surface area contributed by atoms with Gasteiger partial charge in [-0.1, -0.05) is 0 Å². The van der Waals surface area contributed by atoms with E-state index in [1.807, 2.05) is 10.7 Å². The molecule has 0 bridgehead atoms. The molecule has 3 rings (SSSR count). The van der Waals surface area contributed by atoms with Gasteiger partial charge in [-0.05, 0) is 36.8 Å². The predicted octanol–water partition coefficient (Wildman–Crippen LogP) is 2.11. The van der Waals surface area contributed by atoms with Crippen LogP contribution >= 0.6 is 12.2 Å². The molecule has 0 aliphatic carbocycles. The van der Waals surface area contributed by atoms with Crippen molar-refractivity contribution in [3.05, 3.63) is 28.3 Å². The number of H-pyrrole nitrogens is 1. The summed E-state index contributed by atoms with van der Waals surface area (Å²) in [5.41, 5.74) is 2.27. The fraction of sp³-hybridized carbons (Fsp3) is 0.417. The third kappa shape index (κ3) is 1.81. The highest BCUT2D eigenvalue weighted by molar-refractivity contribution is 7.71. The van der Waals surface area contributed by atoms with E-state index in [9.17, 15) is 4.39 Å². The van der Waals surface area contributed by atoms with Crippen LogP contribution in [0.1, 0.15) is 5.56 Å². The number of benzene rings is 1. The first kappa shape index (κ1) is 11.7. The quantitative estimate of drug-likeness (QED) is 0.803. The molecule has 1 saturated heterocycles. The molecule has 0 spiro atoms. The summed E-state index contributed by atoms with van der Waals surface area (Å²) in [7, 11) is 0. The second kappa shape index (κ2) is 4.37. The molecule has 2 aromatic rings. The molecular formula is C12H14FN3OS. The van der Waals surface area contributed by atoms with E-state index in [0.717, 1.165) is 24.1 Å². The Morgan fingerprint density at radius 3 is 2.78 bits per heavy atom. The Hall–Kier alpha value is -1.40. The van der Waals surface area contributed by atoms with Crippen LogP contribution in [0.4, 0.5) is 4.39 Å². The maximum absolute atomic E-state index is 13.5. The molecule has 0 saturated carbocycles. The van der Waals surface area contributed by atoms with Gasteiger partial charge in [0, 0.05) is 0 Å². The summed E-state index contributed by atoms with van der Waals surface area (Å²) in [6.45, 7) is 4.72. The van der Waals surface area contributed by atoms with E-state index in [0.29, 0.717) is 23.5 Å². The Bertz CT molecular complexity index is 643. The van der Waals surface area contributed by atoms with Crippen molar-refractivity contribution < 1.29 is 9.13 Å². The number of fused-ring (bicyclic) bond motifs is 1. The molecule has 18 heavy (non-hydrogen) atoms. The van der Waals surface area contributed by atoms with E-state index in [1.165, 1.54) is 6.07 Å². The van der Waals surface area contributed by atoms with Crippen LogP contribution in [0.2, 0.25) is 0 Å². The number of nitrogens with one attached hydrogen (secondary N) is 1. The normalized spacial score (nSPS) is 16.4. The number of aryl methyl sites for hydroxylation is 1. The molecule has 6 heteroatoms. The van der Waals surface area contributed by atoms with E-state index >= 15 is 0 Å². The van der Waals surface area contributed by atoms with Crippen molar-refractivity contribution in [3.63, 3.8) is 0 Å². The third-order valence-electron chi connectivity index (χ3n) is 3.21. The number of imidazole rings is 1. The molecule has 1 aliphatic rings. The van der Waals surface area contributed by atoms with Gasteiger partial charge in [0.15, 0.2) is 4.77 Å². The standard InChI is InChI=1S/C12H14FN3OS/c1-8-6-11-10(7-9(8)13)14-12(18)16(11)15-2-4-17-5-3-15/h6-7H,2-5H2,1H3,(H,14,18). The van der Waals surface area contributed by atoms with Gasteiger partial charge in [0.2, 0.25) is 0 Å². The zero-order valence-electron chi connectivity index (χ0n) is 10.1. The maximum Gasteiger partial charge on any atom is 0.197 e. The Balaban J connectivity index is 2.18. The Morgan fingerprint density at radius 2 is 2.06 bits per heavy atom. The van der Waals surface area contributed by atoms with Crippen LogP contribution in [0.5, 0.6) is 0 Å². The molecule has 1 aliphatic heterocycles. The molecule has 1 aromatic carbocycles. The number of aromatic nitrogens is 2. The zero-order valence-corrected chi connectivity index (χ0v) is 10.9. The minimum absolute atomic E-state index is 0.215. The van der Waals surface area contributed by atoms with E-state index in [4.69, 9.17) is 17.0 Å². The number of nitrogens with zero attached hydrogens (tertiary/aromatic N) is 2. The zero-order chi connectivity index (χ0) is 12.7. The number of morpholine rings is 1. The number of hydrogen-bond donors (Lipinski definition) is 1. The summed E-state index contributed by atoms with van der Waals surface area (Å²) in [6, 6.07) is 3.32. The van der Waals surface area contributed by atoms with Gasteiger partial charge < -0.3 is 14.7 Å². The van der Waals surface area contributed by atoms with Crippen LogP contribution in [0.25, 0.3) is 11.0 Å². The van der Waals surface area contributed by atoms with Gasteiger partial charge in [0.05, 0.1) is 37.3 Å². The minimum Gasteiger partial charge on any atom is -0.378 e. The van der Waals surface area contributed by atoms with Crippen LogP contribution in [0, 0.1) is 17.5 Å². The molecule has 0 radical (unpaired) electrons. The van der Waals surface area contributed by atoms with Crippen molar-refractivity contribution in [2.75, 3.05) is 31.3 Å². The highest BCUT2D eigenvalue weighted by atomic mass is 32.1. The molecule has 4 nitrogen and oxygen atoms in total. The maximum atomic E-state index is 13.5.